The van der Waals surface area contributed by atoms with Crippen LogP contribution in [0, 0.1) is 0 Å². The minimum absolute atomic E-state index is 1.16. The highest BCUT2D eigenvalue weighted by molar-refractivity contribution is 6.45. The van der Waals surface area contributed by atoms with Crippen LogP contribution in [0.1, 0.15) is 0 Å². The maximum absolute atomic E-state index is 2.57. The summed E-state index contributed by atoms with van der Waals surface area (Å²) in [5, 5.41) is 12.7. The van der Waals surface area contributed by atoms with Crippen LogP contribution in [0.4, 0.5) is 0 Å². The number of benzene rings is 10. The lowest BCUT2D eigenvalue weighted by Gasteiger charge is -2.19. The second-order valence-electron chi connectivity index (χ2n) is 14.8. The highest BCUT2D eigenvalue weighted by Gasteiger charge is 2.28. The molecule has 2 heterocycles. The predicted molar refractivity (Wildman–Crippen MR) is 239 cm³/mol. The van der Waals surface area contributed by atoms with Gasteiger partial charge in [0.1, 0.15) is 0 Å². The molecule has 0 bridgehead atoms. The molecule has 2 heteroatoms. The number of para-hydroxylation sites is 4. The molecule has 56 heavy (non-hydrogen) atoms. The first kappa shape index (κ1) is 31.0. The first-order valence-electron chi connectivity index (χ1n) is 19.4. The Balaban J connectivity index is 1.44. The standard InChI is InChI=1S/C54H34N2/c1-3-19-35(20-4-1)37-23-11-15-31-45(37)55-47-33-17-13-29-43(47)51-49-41-27-9-7-25-39(41)40-26-8-10-28-42(40)50(49)52-44-30-14-18-34-48(44)56(54(52)53(51)55)46-32-16-12-24-38(46)36-21-5-2-6-22-36/h1-34H. The summed E-state index contributed by atoms with van der Waals surface area (Å²) >= 11 is 0. The number of nitrogens with zero attached hydrogens (tertiary/aromatic N) is 2. The van der Waals surface area contributed by atoms with Crippen molar-refractivity contribution in [1.29, 1.82) is 0 Å². The maximum atomic E-state index is 2.57. The van der Waals surface area contributed by atoms with Gasteiger partial charge in [-0.2, -0.15) is 0 Å². The van der Waals surface area contributed by atoms with Crippen molar-refractivity contribution >= 4 is 75.9 Å². The molecular formula is C54H34N2. The van der Waals surface area contributed by atoms with Crippen molar-refractivity contribution in [2.75, 3.05) is 0 Å². The number of hydrogen-bond acceptors (Lipinski definition) is 0. The SMILES string of the molecule is c1ccc(-c2ccccc2-n2c3ccccc3c3c4c5ccccc5c5ccccc5c4c4c5ccccc5n(-c5ccccc5-c5ccccc5)c4c32)cc1. The lowest BCUT2D eigenvalue weighted by molar-refractivity contribution is 1.15. The Morgan fingerprint density at radius 3 is 0.982 bits per heavy atom. The Bertz CT molecular complexity index is 3280. The number of hydrogen-bond donors (Lipinski definition) is 0. The molecule has 0 fully saturated rings. The summed E-state index contributed by atoms with van der Waals surface area (Å²) in [6, 6.07) is 75.6. The fraction of sp³-hybridized carbons (Fsp3) is 0. The van der Waals surface area contributed by atoms with Crippen molar-refractivity contribution in [1.82, 2.24) is 9.13 Å². The van der Waals surface area contributed by atoms with Crippen LogP contribution in [-0.4, -0.2) is 9.13 Å². The van der Waals surface area contributed by atoms with Crippen LogP contribution in [0.3, 0.4) is 0 Å². The molecule has 0 atom stereocenters. The van der Waals surface area contributed by atoms with Gasteiger partial charge in [0.25, 0.3) is 0 Å². The van der Waals surface area contributed by atoms with Crippen LogP contribution in [0.2, 0.25) is 0 Å². The van der Waals surface area contributed by atoms with E-state index in [4.69, 9.17) is 0 Å². The van der Waals surface area contributed by atoms with Crippen molar-refractivity contribution in [2.24, 2.45) is 0 Å². The predicted octanol–water partition coefficient (Wildman–Crippen LogP) is 14.7. The molecule has 0 aliphatic heterocycles. The van der Waals surface area contributed by atoms with E-state index in [1.165, 1.54) is 98.2 Å². The van der Waals surface area contributed by atoms with Crippen molar-refractivity contribution in [3.05, 3.63) is 206 Å². The zero-order chi connectivity index (χ0) is 36.7. The molecule has 10 aromatic carbocycles. The minimum atomic E-state index is 1.16. The second-order valence-corrected chi connectivity index (χ2v) is 14.8. The molecule has 12 rings (SSSR count). The molecule has 2 nitrogen and oxygen atoms in total. The largest absolute Gasteiger partial charge is 0.307 e. The van der Waals surface area contributed by atoms with Gasteiger partial charge in [-0.3, -0.25) is 0 Å². The van der Waals surface area contributed by atoms with Crippen LogP contribution in [0.15, 0.2) is 206 Å². The third kappa shape index (κ3) is 4.27. The summed E-state index contributed by atoms with van der Waals surface area (Å²) < 4.78 is 5.14. The first-order chi connectivity index (χ1) is 27.9. The van der Waals surface area contributed by atoms with Crippen LogP contribution < -0.4 is 0 Å². The van der Waals surface area contributed by atoms with Crippen LogP contribution >= 0.6 is 0 Å². The Morgan fingerprint density at radius 1 is 0.232 bits per heavy atom. The van der Waals surface area contributed by atoms with Gasteiger partial charge >= 0.3 is 0 Å². The summed E-state index contributed by atoms with van der Waals surface area (Å²) in [6.45, 7) is 0. The highest BCUT2D eigenvalue weighted by Crippen LogP contribution is 2.51. The number of rotatable bonds is 4. The van der Waals surface area contributed by atoms with E-state index in [1.807, 2.05) is 0 Å². The molecule has 0 saturated heterocycles. The van der Waals surface area contributed by atoms with Gasteiger partial charge in [0, 0.05) is 43.4 Å². The molecule has 0 spiro atoms. The van der Waals surface area contributed by atoms with Gasteiger partial charge in [0.05, 0.1) is 33.4 Å². The van der Waals surface area contributed by atoms with E-state index in [0.29, 0.717) is 0 Å². The summed E-state index contributed by atoms with van der Waals surface area (Å²) in [6.07, 6.45) is 0. The van der Waals surface area contributed by atoms with E-state index in [9.17, 15) is 0 Å². The molecular weight excluding hydrogens is 677 g/mol. The molecule has 0 unspecified atom stereocenters. The smallest absolute Gasteiger partial charge is 0.0795 e. The Hall–Kier alpha value is -7.42. The Morgan fingerprint density at radius 2 is 0.554 bits per heavy atom. The van der Waals surface area contributed by atoms with E-state index < -0.39 is 0 Å². The first-order valence-corrected chi connectivity index (χ1v) is 19.4. The van der Waals surface area contributed by atoms with E-state index in [1.54, 1.807) is 0 Å². The van der Waals surface area contributed by atoms with Crippen molar-refractivity contribution in [2.45, 2.75) is 0 Å². The number of fused-ring (bicyclic) bond motifs is 15. The Kier molecular flexibility index (Phi) is 6.66. The summed E-state index contributed by atoms with van der Waals surface area (Å²) in [5.41, 5.74) is 11.9. The average molecular weight is 711 g/mol. The van der Waals surface area contributed by atoms with Crippen LogP contribution in [0.25, 0.3) is 110 Å². The fourth-order valence-corrected chi connectivity index (χ4v) is 9.66. The van der Waals surface area contributed by atoms with E-state index in [0.717, 1.165) is 11.4 Å². The van der Waals surface area contributed by atoms with Crippen LogP contribution in [-0.2, 0) is 0 Å². The molecule has 0 N–H and O–H groups in total. The second kappa shape index (κ2) is 12.0. The van der Waals surface area contributed by atoms with Gasteiger partial charge in [-0.15, -0.1) is 0 Å². The molecule has 12 aromatic rings. The van der Waals surface area contributed by atoms with Gasteiger partial charge in [0.2, 0.25) is 0 Å². The average Bonchev–Trinajstić information content (AvgIpc) is 3.80. The normalized spacial score (nSPS) is 11.9. The van der Waals surface area contributed by atoms with Crippen molar-refractivity contribution in [3.8, 4) is 33.6 Å². The molecule has 260 valence electrons. The van der Waals surface area contributed by atoms with Gasteiger partial charge in [-0.1, -0.05) is 182 Å². The molecule has 0 amide bonds. The monoisotopic (exact) mass is 710 g/mol. The van der Waals surface area contributed by atoms with E-state index >= 15 is 0 Å². The third-order valence-electron chi connectivity index (χ3n) is 11.9. The zero-order valence-electron chi connectivity index (χ0n) is 30.5. The van der Waals surface area contributed by atoms with Gasteiger partial charge in [-0.25, -0.2) is 0 Å². The quantitative estimate of drug-likeness (QED) is 0.161. The van der Waals surface area contributed by atoms with Crippen LogP contribution in [0.5, 0.6) is 0 Å². The highest BCUT2D eigenvalue weighted by atomic mass is 15.0. The summed E-state index contributed by atoms with van der Waals surface area (Å²) in [7, 11) is 0. The van der Waals surface area contributed by atoms with E-state index in [2.05, 4.69) is 215 Å². The summed E-state index contributed by atoms with van der Waals surface area (Å²) in [5.74, 6) is 0. The lowest BCUT2D eigenvalue weighted by Crippen LogP contribution is -2.02. The van der Waals surface area contributed by atoms with Gasteiger partial charge < -0.3 is 9.13 Å². The molecule has 0 saturated carbocycles. The zero-order valence-corrected chi connectivity index (χ0v) is 30.5. The van der Waals surface area contributed by atoms with Gasteiger partial charge in [0.15, 0.2) is 0 Å². The third-order valence-corrected chi connectivity index (χ3v) is 11.9. The topological polar surface area (TPSA) is 9.86 Å². The fourth-order valence-electron chi connectivity index (χ4n) is 9.66. The molecule has 0 radical (unpaired) electrons. The lowest BCUT2D eigenvalue weighted by atomic mass is 9.89. The van der Waals surface area contributed by atoms with Gasteiger partial charge in [-0.05, 0) is 56.9 Å². The maximum Gasteiger partial charge on any atom is 0.0795 e. The number of aromatic nitrogens is 2. The molecule has 0 aliphatic carbocycles. The van der Waals surface area contributed by atoms with E-state index in [-0.39, 0.29) is 0 Å². The Labute approximate surface area is 323 Å². The van der Waals surface area contributed by atoms with Crippen molar-refractivity contribution < 1.29 is 0 Å². The van der Waals surface area contributed by atoms with Crippen molar-refractivity contribution in [3.63, 3.8) is 0 Å². The summed E-state index contributed by atoms with van der Waals surface area (Å²) in [4.78, 5) is 0. The molecule has 2 aromatic heterocycles. The molecule has 0 aliphatic rings. The minimum Gasteiger partial charge on any atom is -0.307 e.